The highest BCUT2D eigenvalue weighted by Crippen LogP contribution is 2.31. The van der Waals surface area contributed by atoms with E-state index in [9.17, 15) is 4.79 Å². The van der Waals surface area contributed by atoms with Crippen molar-refractivity contribution in [3.05, 3.63) is 59.3 Å². The smallest absolute Gasteiger partial charge is 0.255 e. The number of carbonyl (C=O) groups is 1. The van der Waals surface area contributed by atoms with Crippen LogP contribution in [0.3, 0.4) is 0 Å². The van der Waals surface area contributed by atoms with Crippen LogP contribution in [0.4, 0.5) is 0 Å². The Hall–Kier alpha value is -3.32. The molecule has 7 nitrogen and oxygen atoms in total. The van der Waals surface area contributed by atoms with Gasteiger partial charge in [0.2, 0.25) is 0 Å². The normalized spacial score (nSPS) is 16.2. The Morgan fingerprint density at radius 1 is 1.00 bits per heavy atom. The van der Waals surface area contributed by atoms with Crippen LogP contribution in [0.25, 0.3) is 10.9 Å². The molecule has 7 heteroatoms. The van der Waals surface area contributed by atoms with Gasteiger partial charge in [0.1, 0.15) is 19.0 Å². The largest absolute Gasteiger partial charge is 0.497 e. The van der Waals surface area contributed by atoms with Crippen LogP contribution in [0.15, 0.2) is 42.5 Å². The topological polar surface area (TPSA) is 64.1 Å². The first-order valence-electron chi connectivity index (χ1n) is 11.0. The molecule has 3 heterocycles. The lowest BCUT2D eigenvalue weighted by Crippen LogP contribution is -2.48. The van der Waals surface area contributed by atoms with Crippen LogP contribution >= 0.6 is 0 Å². The van der Waals surface area contributed by atoms with E-state index in [0.29, 0.717) is 31.9 Å². The number of benzene rings is 2. The minimum atomic E-state index is 0.0405. The highest BCUT2D eigenvalue weighted by atomic mass is 16.6. The number of ether oxygens (including phenoxy) is 3. The summed E-state index contributed by atoms with van der Waals surface area (Å²) in [5, 5.41) is 0.913. The van der Waals surface area contributed by atoms with Gasteiger partial charge >= 0.3 is 0 Å². The summed E-state index contributed by atoms with van der Waals surface area (Å²) >= 11 is 0. The van der Waals surface area contributed by atoms with Crippen molar-refractivity contribution in [1.29, 1.82) is 0 Å². The fourth-order valence-corrected chi connectivity index (χ4v) is 4.32. The Labute approximate surface area is 187 Å². The molecule has 32 heavy (non-hydrogen) atoms. The molecule has 166 valence electrons. The molecule has 0 unspecified atom stereocenters. The lowest BCUT2D eigenvalue weighted by atomic mass is 10.1. The quantitative estimate of drug-likeness (QED) is 0.629. The molecule has 0 spiro atoms. The van der Waals surface area contributed by atoms with Gasteiger partial charge in [0.05, 0.1) is 23.9 Å². The summed E-state index contributed by atoms with van der Waals surface area (Å²) < 4.78 is 16.6. The van der Waals surface area contributed by atoms with E-state index in [1.54, 1.807) is 7.11 Å². The molecule has 0 bridgehead atoms. The Balaban J connectivity index is 1.25. The van der Waals surface area contributed by atoms with E-state index in [1.807, 2.05) is 42.2 Å². The summed E-state index contributed by atoms with van der Waals surface area (Å²) in [6, 6.07) is 13.8. The molecule has 1 amide bonds. The summed E-state index contributed by atoms with van der Waals surface area (Å²) in [7, 11) is 1.64. The van der Waals surface area contributed by atoms with Gasteiger partial charge in [0.25, 0.3) is 5.91 Å². The van der Waals surface area contributed by atoms with E-state index < -0.39 is 0 Å². The number of rotatable bonds is 4. The van der Waals surface area contributed by atoms with Crippen molar-refractivity contribution in [2.24, 2.45) is 0 Å². The number of methoxy groups -OCH3 is 1. The molecule has 1 saturated heterocycles. The van der Waals surface area contributed by atoms with Gasteiger partial charge in [-0.15, -0.1) is 0 Å². The van der Waals surface area contributed by atoms with E-state index in [0.717, 1.165) is 53.5 Å². The third-order valence-electron chi connectivity index (χ3n) is 6.12. The first-order valence-corrected chi connectivity index (χ1v) is 11.0. The maximum Gasteiger partial charge on any atom is 0.255 e. The van der Waals surface area contributed by atoms with Crippen molar-refractivity contribution in [2.45, 2.75) is 13.5 Å². The number of aryl methyl sites for hydroxylation is 1. The van der Waals surface area contributed by atoms with Gasteiger partial charge in [0, 0.05) is 38.1 Å². The number of fused-ring (bicyclic) bond motifs is 2. The van der Waals surface area contributed by atoms with Gasteiger partial charge in [-0.25, -0.2) is 0 Å². The Morgan fingerprint density at radius 3 is 2.56 bits per heavy atom. The molecular weight excluding hydrogens is 406 g/mol. The van der Waals surface area contributed by atoms with Gasteiger partial charge in [0.15, 0.2) is 11.5 Å². The van der Waals surface area contributed by atoms with E-state index >= 15 is 0 Å². The van der Waals surface area contributed by atoms with Crippen molar-refractivity contribution < 1.29 is 19.0 Å². The van der Waals surface area contributed by atoms with Gasteiger partial charge in [-0.1, -0.05) is 6.07 Å². The standard InChI is InChI=1S/C25H27N3O4/c1-17-21(15-19-14-20(30-2)4-5-22(19)26-17)25(29)28-9-7-27(8-10-28)16-18-3-6-23-24(13-18)32-12-11-31-23/h3-6,13-15H,7-12,16H2,1-2H3. The van der Waals surface area contributed by atoms with E-state index in [-0.39, 0.29) is 5.91 Å². The average molecular weight is 434 g/mol. The van der Waals surface area contributed by atoms with E-state index in [1.165, 1.54) is 5.56 Å². The fraction of sp³-hybridized carbons (Fsp3) is 0.360. The Kier molecular flexibility index (Phi) is 5.57. The van der Waals surface area contributed by atoms with E-state index in [2.05, 4.69) is 22.0 Å². The van der Waals surface area contributed by atoms with Crippen LogP contribution in [-0.2, 0) is 6.54 Å². The van der Waals surface area contributed by atoms with Crippen molar-refractivity contribution in [2.75, 3.05) is 46.5 Å². The summed E-state index contributed by atoms with van der Waals surface area (Å²) in [5.74, 6) is 2.43. The summed E-state index contributed by atoms with van der Waals surface area (Å²) in [6.45, 7) is 6.96. The van der Waals surface area contributed by atoms with Crippen molar-refractivity contribution in [3.63, 3.8) is 0 Å². The Morgan fingerprint density at radius 2 is 1.78 bits per heavy atom. The summed E-state index contributed by atoms with van der Waals surface area (Å²) in [6.07, 6.45) is 0. The summed E-state index contributed by atoms with van der Waals surface area (Å²) in [5.41, 5.74) is 3.47. The number of piperazine rings is 1. The zero-order valence-corrected chi connectivity index (χ0v) is 18.5. The predicted molar refractivity (Wildman–Crippen MR) is 122 cm³/mol. The van der Waals surface area contributed by atoms with Gasteiger partial charge in [-0.2, -0.15) is 0 Å². The number of hydrogen-bond acceptors (Lipinski definition) is 6. The molecule has 1 aromatic heterocycles. The van der Waals surface area contributed by atoms with Crippen LogP contribution in [0.1, 0.15) is 21.6 Å². The maximum absolute atomic E-state index is 13.2. The van der Waals surface area contributed by atoms with Gasteiger partial charge < -0.3 is 19.1 Å². The molecule has 0 aliphatic carbocycles. The molecule has 5 rings (SSSR count). The molecule has 2 aliphatic heterocycles. The van der Waals surface area contributed by atoms with Crippen LogP contribution in [0, 0.1) is 6.92 Å². The second-order valence-electron chi connectivity index (χ2n) is 8.23. The number of nitrogens with zero attached hydrogens (tertiary/aromatic N) is 3. The first-order chi connectivity index (χ1) is 15.6. The second-order valence-corrected chi connectivity index (χ2v) is 8.23. The first kappa shape index (κ1) is 20.6. The molecule has 0 atom stereocenters. The molecule has 0 N–H and O–H groups in total. The van der Waals surface area contributed by atoms with Crippen molar-refractivity contribution >= 4 is 16.8 Å². The number of carbonyl (C=O) groups excluding carboxylic acids is 1. The van der Waals surface area contributed by atoms with Gasteiger partial charge in [-0.05, 0) is 48.9 Å². The number of pyridine rings is 1. The molecule has 1 fully saturated rings. The fourth-order valence-electron chi connectivity index (χ4n) is 4.32. The van der Waals surface area contributed by atoms with Crippen LogP contribution in [0.5, 0.6) is 17.2 Å². The third-order valence-corrected chi connectivity index (χ3v) is 6.12. The monoisotopic (exact) mass is 433 g/mol. The highest BCUT2D eigenvalue weighted by molar-refractivity contribution is 5.98. The van der Waals surface area contributed by atoms with Crippen LogP contribution in [-0.4, -0.2) is 67.2 Å². The predicted octanol–water partition coefficient (Wildman–Crippen LogP) is 3.28. The van der Waals surface area contributed by atoms with Crippen molar-refractivity contribution in [1.82, 2.24) is 14.8 Å². The SMILES string of the molecule is COc1ccc2nc(C)c(C(=O)N3CCN(Cc4ccc5c(c4)OCCO5)CC3)cc2c1. The van der Waals surface area contributed by atoms with Crippen LogP contribution in [0.2, 0.25) is 0 Å². The summed E-state index contributed by atoms with van der Waals surface area (Å²) in [4.78, 5) is 22.2. The van der Waals surface area contributed by atoms with E-state index in [4.69, 9.17) is 14.2 Å². The minimum Gasteiger partial charge on any atom is -0.497 e. The average Bonchev–Trinajstić information content (AvgIpc) is 2.83. The maximum atomic E-state index is 13.2. The molecule has 3 aromatic rings. The number of aromatic nitrogens is 1. The molecule has 0 saturated carbocycles. The molecule has 2 aliphatic rings. The Bertz CT molecular complexity index is 1160. The molecular formula is C25H27N3O4. The number of amides is 1. The third kappa shape index (κ3) is 4.08. The number of hydrogen-bond donors (Lipinski definition) is 0. The lowest BCUT2D eigenvalue weighted by Gasteiger charge is -2.35. The zero-order valence-electron chi connectivity index (χ0n) is 18.5. The highest BCUT2D eigenvalue weighted by Gasteiger charge is 2.24. The molecule has 2 aromatic carbocycles. The van der Waals surface area contributed by atoms with Gasteiger partial charge in [-0.3, -0.25) is 14.7 Å². The van der Waals surface area contributed by atoms with Crippen LogP contribution < -0.4 is 14.2 Å². The lowest BCUT2D eigenvalue weighted by molar-refractivity contribution is 0.0627. The molecule has 0 radical (unpaired) electrons. The minimum absolute atomic E-state index is 0.0405. The van der Waals surface area contributed by atoms with Crippen molar-refractivity contribution in [3.8, 4) is 17.2 Å². The second kappa shape index (κ2) is 8.67. The zero-order chi connectivity index (χ0) is 22.1.